The van der Waals surface area contributed by atoms with Gasteiger partial charge in [-0.25, -0.2) is 4.39 Å². The third kappa shape index (κ3) is 2.70. The van der Waals surface area contributed by atoms with Gasteiger partial charge in [0.2, 0.25) is 0 Å². The maximum atomic E-state index is 13.1. The van der Waals surface area contributed by atoms with Crippen LogP contribution >= 0.6 is 0 Å². The summed E-state index contributed by atoms with van der Waals surface area (Å²) in [6.45, 7) is 4.36. The fourth-order valence-electron chi connectivity index (χ4n) is 1.32. The van der Waals surface area contributed by atoms with Crippen molar-refractivity contribution >= 4 is 5.69 Å². The normalized spacial score (nSPS) is 12.6. The van der Waals surface area contributed by atoms with Gasteiger partial charge in [0.15, 0.2) is 0 Å². The summed E-state index contributed by atoms with van der Waals surface area (Å²) in [7, 11) is 1.65. The number of benzene rings is 1. The average molecular weight is 197 g/mol. The topological polar surface area (TPSA) is 21.3 Å². The molecule has 0 fully saturated rings. The molecule has 0 saturated carbocycles. The van der Waals surface area contributed by atoms with Gasteiger partial charge in [-0.1, -0.05) is 6.07 Å². The van der Waals surface area contributed by atoms with Crippen LogP contribution in [0.15, 0.2) is 18.2 Å². The summed E-state index contributed by atoms with van der Waals surface area (Å²) >= 11 is 0. The molecule has 1 rings (SSSR count). The van der Waals surface area contributed by atoms with E-state index in [1.54, 1.807) is 20.1 Å². The van der Waals surface area contributed by atoms with Gasteiger partial charge in [0.05, 0.1) is 6.61 Å². The van der Waals surface area contributed by atoms with E-state index in [-0.39, 0.29) is 11.9 Å². The average Bonchev–Trinajstić information content (AvgIpc) is 2.13. The maximum absolute atomic E-state index is 13.1. The highest BCUT2D eigenvalue weighted by molar-refractivity contribution is 5.51. The van der Waals surface area contributed by atoms with Crippen LogP contribution in [0.3, 0.4) is 0 Å². The molecule has 0 unspecified atom stereocenters. The van der Waals surface area contributed by atoms with Crippen molar-refractivity contribution in [2.45, 2.75) is 19.9 Å². The lowest BCUT2D eigenvalue weighted by molar-refractivity contribution is 0.190. The first-order valence-electron chi connectivity index (χ1n) is 4.65. The van der Waals surface area contributed by atoms with Gasteiger partial charge in [-0.2, -0.15) is 0 Å². The van der Waals surface area contributed by atoms with Crippen molar-refractivity contribution in [1.29, 1.82) is 0 Å². The van der Waals surface area contributed by atoms with E-state index in [4.69, 9.17) is 4.74 Å². The van der Waals surface area contributed by atoms with Crippen molar-refractivity contribution in [1.82, 2.24) is 0 Å². The quantitative estimate of drug-likeness (QED) is 0.801. The lowest BCUT2D eigenvalue weighted by atomic mass is 10.1. The zero-order chi connectivity index (χ0) is 10.6. The van der Waals surface area contributed by atoms with Crippen molar-refractivity contribution in [3.63, 3.8) is 0 Å². The zero-order valence-electron chi connectivity index (χ0n) is 8.80. The molecular weight excluding hydrogens is 181 g/mol. The van der Waals surface area contributed by atoms with E-state index in [1.807, 2.05) is 13.0 Å². The Morgan fingerprint density at radius 1 is 1.50 bits per heavy atom. The number of nitrogens with one attached hydrogen (secondary N) is 1. The molecule has 0 spiro atoms. The number of methoxy groups -OCH3 is 1. The Hall–Kier alpha value is -1.09. The fraction of sp³-hybridized carbons (Fsp3) is 0.455. The monoisotopic (exact) mass is 197 g/mol. The smallest absolute Gasteiger partial charge is 0.128 e. The van der Waals surface area contributed by atoms with Crippen LogP contribution < -0.4 is 5.32 Å². The minimum Gasteiger partial charge on any atom is -0.383 e. The molecule has 0 saturated heterocycles. The van der Waals surface area contributed by atoms with Crippen LogP contribution in [0.4, 0.5) is 10.1 Å². The van der Waals surface area contributed by atoms with Crippen molar-refractivity contribution < 1.29 is 9.13 Å². The van der Waals surface area contributed by atoms with Crippen LogP contribution in [-0.4, -0.2) is 19.8 Å². The van der Waals surface area contributed by atoms with Gasteiger partial charge in [-0.3, -0.25) is 0 Å². The summed E-state index contributed by atoms with van der Waals surface area (Å²) < 4.78 is 18.1. The summed E-state index contributed by atoms with van der Waals surface area (Å²) in [5, 5.41) is 3.19. The first-order chi connectivity index (χ1) is 6.65. The first kappa shape index (κ1) is 11.0. The predicted octanol–water partition coefficient (Wildman–Crippen LogP) is 2.58. The lowest BCUT2D eigenvalue weighted by Gasteiger charge is -2.16. The van der Waals surface area contributed by atoms with Gasteiger partial charge in [0, 0.05) is 24.4 Å². The van der Waals surface area contributed by atoms with Gasteiger partial charge in [-0.05, 0) is 26.0 Å². The zero-order valence-corrected chi connectivity index (χ0v) is 8.80. The number of hydrogen-bond acceptors (Lipinski definition) is 2. The number of rotatable bonds is 4. The molecule has 78 valence electrons. The molecule has 0 aliphatic rings. The second-order valence-electron chi connectivity index (χ2n) is 3.41. The Morgan fingerprint density at radius 3 is 2.86 bits per heavy atom. The summed E-state index contributed by atoms with van der Waals surface area (Å²) in [4.78, 5) is 0. The highest BCUT2D eigenvalue weighted by Crippen LogP contribution is 2.18. The van der Waals surface area contributed by atoms with Crippen molar-refractivity contribution in [2.24, 2.45) is 0 Å². The molecule has 1 aromatic carbocycles. The molecule has 1 atom stereocenters. The summed E-state index contributed by atoms with van der Waals surface area (Å²) in [5.74, 6) is -0.181. The molecule has 0 amide bonds. The minimum absolute atomic E-state index is 0.181. The molecule has 2 nitrogen and oxygen atoms in total. The van der Waals surface area contributed by atoms with Crippen LogP contribution in [0.2, 0.25) is 0 Å². The molecule has 0 bridgehead atoms. The standard InChI is InChI=1S/C11H16FNO/c1-8(7-14-3)13-11-6-4-5-10(12)9(11)2/h4-6,8,13H,7H2,1-3H3/t8-/m1/s1. The Labute approximate surface area is 84.1 Å². The van der Waals surface area contributed by atoms with Crippen LogP contribution in [0.5, 0.6) is 0 Å². The number of halogens is 1. The van der Waals surface area contributed by atoms with E-state index in [9.17, 15) is 4.39 Å². The van der Waals surface area contributed by atoms with Gasteiger partial charge >= 0.3 is 0 Å². The van der Waals surface area contributed by atoms with Gasteiger partial charge in [0.1, 0.15) is 5.82 Å². The van der Waals surface area contributed by atoms with Crippen molar-refractivity contribution in [3.05, 3.63) is 29.6 Å². The molecule has 0 heterocycles. The van der Waals surface area contributed by atoms with E-state index >= 15 is 0 Å². The largest absolute Gasteiger partial charge is 0.383 e. The van der Waals surface area contributed by atoms with Crippen LogP contribution in [0.1, 0.15) is 12.5 Å². The number of anilines is 1. The summed E-state index contributed by atoms with van der Waals surface area (Å²) in [6, 6.07) is 5.21. The Kier molecular flexibility index (Phi) is 3.89. The molecule has 0 aliphatic carbocycles. The molecule has 0 aliphatic heterocycles. The third-order valence-corrected chi connectivity index (χ3v) is 2.09. The van der Waals surface area contributed by atoms with Crippen LogP contribution in [-0.2, 0) is 4.74 Å². The SMILES string of the molecule is COC[C@@H](C)Nc1cccc(F)c1C. The Bertz CT molecular complexity index is 301. The van der Waals surface area contributed by atoms with E-state index in [0.29, 0.717) is 12.2 Å². The predicted molar refractivity (Wildman–Crippen MR) is 56.1 cm³/mol. The van der Waals surface area contributed by atoms with E-state index in [2.05, 4.69) is 5.32 Å². The molecular formula is C11H16FNO. The van der Waals surface area contributed by atoms with E-state index < -0.39 is 0 Å². The van der Waals surface area contributed by atoms with Gasteiger partial charge in [-0.15, -0.1) is 0 Å². The Balaban J connectivity index is 2.71. The summed E-state index contributed by atoms with van der Waals surface area (Å²) in [5.41, 5.74) is 1.48. The van der Waals surface area contributed by atoms with Gasteiger partial charge in [0.25, 0.3) is 0 Å². The summed E-state index contributed by atoms with van der Waals surface area (Å²) in [6.07, 6.45) is 0. The van der Waals surface area contributed by atoms with E-state index in [0.717, 1.165) is 5.69 Å². The fourth-order valence-corrected chi connectivity index (χ4v) is 1.32. The van der Waals surface area contributed by atoms with Crippen LogP contribution in [0.25, 0.3) is 0 Å². The van der Waals surface area contributed by atoms with Crippen molar-refractivity contribution in [2.75, 3.05) is 19.0 Å². The first-order valence-corrected chi connectivity index (χ1v) is 4.65. The molecule has 0 radical (unpaired) electrons. The second kappa shape index (κ2) is 4.96. The molecule has 1 aromatic rings. The maximum Gasteiger partial charge on any atom is 0.128 e. The highest BCUT2D eigenvalue weighted by atomic mass is 19.1. The molecule has 3 heteroatoms. The molecule has 1 N–H and O–H groups in total. The third-order valence-electron chi connectivity index (χ3n) is 2.09. The molecule has 14 heavy (non-hydrogen) atoms. The number of ether oxygens (including phenoxy) is 1. The second-order valence-corrected chi connectivity index (χ2v) is 3.41. The number of hydrogen-bond donors (Lipinski definition) is 1. The minimum atomic E-state index is -0.181. The van der Waals surface area contributed by atoms with Gasteiger partial charge < -0.3 is 10.1 Å². The lowest BCUT2D eigenvalue weighted by Crippen LogP contribution is -2.21. The Morgan fingerprint density at radius 2 is 2.21 bits per heavy atom. The highest BCUT2D eigenvalue weighted by Gasteiger charge is 2.06. The van der Waals surface area contributed by atoms with Crippen molar-refractivity contribution in [3.8, 4) is 0 Å². The molecule has 0 aromatic heterocycles. The van der Waals surface area contributed by atoms with Crippen LogP contribution in [0, 0.1) is 12.7 Å². The van der Waals surface area contributed by atoms with E-state index in [1.165, 1.54) is 6.07 Å².